The maximum Gasteiger partial charge on any atom is 0.191 e. The van der Waals surface area contributed by atoms with E-state index in [0.29, 0.717) is 18.9 Å². The first-order valence-corrected chi connectivity index (χ1v) is 9.36. The number of hydrogen-bond donors (Lipinski definition) is 2. The summed E-state index contributed by atoms with van der Waals surface area (Å²) in [5.41, 5.74) is 0. The predicted octanol–water partition coefficient (Wildman–Crippen LogP) is 0.685. The Morgan fingerprint density at radius 2 is 2.31 bits per heavy atom. The second kappa shape index (κ2) is 9.14. The SMILES string of the molecule is CCNC(=NCC1CN(C)CCO1)NC1CCN(c2ncccc2F)C1. The van der Waals surface area contributed by atoms with Crippen LogP contribution in [0.25, 0.3) is 0 Å². The van der Waals surface area contributed by atoms with Crippen molar-refractivity contribution in [2.24, 2.45) is 4.99 Å². The number of aliphatic imine (C=N–C) groups is 1. The zero-order chi connectivity index (χ0) is 18.4. The molecule has 2 saturated heterocycles. The van der Waals surface area contributed by atoms with Crippen LogP contribution in [-0.4, -0.2) is 80.9 Å². The third-order valence-corrected chi connectivity index (χ3v) is 4.71. The summed E-state index contributed by atoms with van der Waals surface area (Å²) in [4.78, 5) is 13.1. The lowest BCUT2D eigenvalue weighted by molar-refractivity contribution is -0.0136. The summed E-state index contributed by atoms with van der Waals surface area (Å²) < 4.78 is 19.7. The van der Waals surface area contributed by atoms with E-state index in [2.05, 4.69) is 32.6 Å². The van der Waals surface area contributed by atoms with Gasteiger partial charge in [0.2, 0.25) is 0 Å². The molecular formula is C18H29FN6O. The first-order valence-electron chi connectivity index (χ1n) is 9.36. The van der Waals surface area contributed by atoms with Crippen LogP contribution in [0.4, 0.5) is 10.2 Å². The van der Waals surface area contributed by atoms with Crippen LogP contribution < -0.4 is 15.5 Å². The highest BCUT2D eigenvalue weighted by Gasteiger charge is 2.26. The molecule has 2 aliphatic heterocycles. The number of nitrogens with one attached hydrogen (secondary N) is 2. The summed E-state index contributed by atoms with van der Waals surface area (Å²) >= 11 is 0. The number of likely N-dealkylation sites (N-methyl/N-ethyl adjacent to an activating group) is 1. The summed E-state index contributed by atoms with van der Waals surface area (Å²) in [7, 11) is 2.10. The Morgan fingerprint density at radius 3 is 3.08 bits per heavy atom. The van der Waals surface area contributed by atoms with Crippen molar-refractivity contribution in [2.75, 3.05) is 57.8 Å². The Labute approximate surface area is 154 Å². The molecule has 0 bridgehead atoms. The number of halogens is 1. The molecule has 8 heteroatoms. The molecular weight excluding hydrogens is 335 g/mol. The number of anilines is 1. The molecule has 2 atom stereocenters. The highest BCUT2D eigenvalue weighted by molar-refractivity contribution is 5.80. The van der Waals surface area contributed by atoms with E-state index in [1.807, 2.05) is 11.8 Å². The summed E-state index contributed by atoms with van der Waals surface area (Å²) in [6, 6.07) is 3.28. The fourth-order valence-corrected chi connectivity index (χ4v) is 3.36. The van der Waals surface area contributed by atoms with Crippen LogP contribution >= 0.6 is 0 Å². The summed E-state index contributed by atoms with van der Waals surface area (Å²) in [5.74, 6) is 0.947. The molecule has 3 heterocycles. The summed E-state index contributed by atoms with van der Waals surface area (Å²) in [6.07, 6.45) is 2.68. The van der Waals surface area contributed by atoms with E-state index in [1.165, 1.54) is 6.07 Å². The van der Waals surface area contributed by atoms with E-state index in [4.69, 9.17) is 4.74 Å². The highest BCUT2D eigenvalue weighted by atomic mass is 19.1. The van der Waals surface area contributed by atoms with Gasteiger partial charge in [-0.05, 0) is 32.5 Å². The molecule has 2 fully saturated rings. The molecule has 1 aromatic heterocycles. The van der Waals surface area contributed by atoms with Crippen molar-refractivity contribution >= 4 is 11.8 Å². The van der Waals surface area contributed by atoms with Gasteiger partial charge in [0, 0.05) is 45.0 Å². The lowest BCUT2D eigenvalue weighted by atomic mass is 10.2. The van der Waals surface area contributed by atoms with Crippen LogP contribution in [0.5, 0.6) is 0 Å². The third-order valence-electron chi connectivity index (χ3n) is 4.71. The van der Waals surface area contributed by atoms with Gasteiger partial charge in [-0.15, -0.1) is 0 Å². The van der Waals surface area contributed by atoms with Gasteiger partial charge in [0.05, 0.1) is 19.3 Å². The van der Waals surface area contributed by atoms with Crippen molar-refractivity contribution in [1.29, 1.82) is 0 Å². The van der Waals surface area contributed by atoms with Crippen molar-refractivity contribution in [2.45, 2.75) is 25.5 Å². The average molecular weight is 364 g/mol. The molecule has 0 aromatic carbocycles. The van der Waals surface area contributed by atoms with E-state index in [9.17, 15) is 4.39 Å². The maximum absolute atomic E-state index is 13.9. The quantitative estimate of drug-likeness (QED) is 0.592. The maximum atomic E-state index is 13.9. The van der Waals surface area contributed by atoms with Crippen LogP contribution in [-0.2, 0) is 4.74 Å². The van der Waals surface area contributed by atoms with E-state index >= 15 is 0 Å². The molecule has 26 heavy (non-hydrogen) atoms. The molecule has 0 radical (unpaired) electrons. The van der Waals surface area contributed by atoms with Gasteiger partial charge in [0.15, 0.2) is 17.6 Å². The number of aromatic nitrogens is 1. The number of pyridine rings is 1. The monoisotopic (exact) mass is 364 g/mol. The van der Waals surface area contributed by atoms with Gasteiger partial charge in [-0.2, -0.15) is 0 Å². The number of rotatable bonds is 5. The Balaban J connectivity index is 1.55. The minimum absolute atomic E-state index is 0.131. The van der Waals surface area contributed by atoms with E-state index < -0.39 is 0 Å². The largest absolute Gasteiger partial charge is 0.374 e. The summed E-state index contributed by atoms with van der Waals surface area (Å²) in [6.45, 7) is 7.59. The van der Waals surface area contributed by atoms with Gasteiger partial charge in [0.1, 0.15) is 0 Å². The van der Waals surface area contributed by atoms with Crippen LogP contribution in [0.15, 0.2) is 23.3 Å². The fourth-order valence-electron chi connectivity index (χ4n) is 3.36. The average Bonchev–Trinajstić information content (AvgIpc) is 3.09. The van der Waals surface area contributed by atoms with Crippen LogP contribution in [0.2, 0.25) is 0 Å². The van der Waals surface area contributed by atoms with Crippen LogP contribution in [0, 0.1) is 5.82 Å². The molecule has 3 rings (SSSR count). The third kappa shape index (κ3) is 5.04. The van der Waals surface area contributed by atoms with Gasteiger partial charge in [-0.25, -0.2) is 9.37 Å². The Bertz CT molecular complexity index is 613. The van der Waals surface area contributed by atoms with Crippen LogP contribution in [0.3, 0.4) is 0 Å². The molecule has 0 aliphatic carbocycles. The lowest BCUT2D eigenvalue weighted by Crippen LogP contribution is -2.46. The van der Waals surface area contributed by atoms with E-state index in [1.54, 1.807) is 12.3 Å². The zero-order valence-corrected chi connectivity index (χ0v) is 15.6. The normalized spacial score (nSPS) is 24.7. The predicted molar refractivity (Wildman–Crippen MR) is 101 cm³/mol. The van der Waals surface area contributed by atoms with E-state index in [0.717, 1.165) is 45.2 Å². The molecule has 144 valence electrons. The molecule has 0 saturated carbocycles. The van der Waals surface area contributed by atoms with Crippen molar-refractivity contribution in [1.82, 2.24) is 20.5 Å². The highest BCUT2D eigenvalue weighted by Crippen LogP contribution is 2.20. The Morgan fingerprint density at radius 1 is 1.42 bits per heavy atom. The van der Waals surface area contributed by atoms with Gasteiger partial charge < -0.3 is 25.2 Å². The smallest absolute Gasteiger partial charge is 0.191 e. The number of morpholine rings is 1. The molecule has 0 amide bonds. The van der Waals surface area contributed by atoms with E-state index in [-0.39, 0.29) is 18.0 Å². The minimum Gasteiger partial charge on any atom is -0.374 e. The number of ether oxygens (including phenoxy) is 1. The first kappa shape index (κ1) is 18.8. The molecule has 2 N–H and O–H groups in total. The Kier molecular flexibility index (Phi) is 6.62. The molecule has 7 nitrogen and oxygen atoms in total. The molecule has 2 aliphatic rings. The van der Waals surface area contributed by atoms with Crippen molar-refractivity contribution in [3.8, 4) is 0 Å². The summed E-state index contributed by atoms with van der Waals surface area (Å²) in [5, 5.41) is 6.75. The second-order valence-electron chi connectivity index (χ2n) is 6.86. The van der Waals surface area contributed by atoms with Gasteiger partial charge in [-0.1, -0.05) is 0 Å². The molecule has 1 aromatic rings. The van der Waals surface area contributed by atoms with Crippen molar-refractivity contribution < 1.29 is 9.13 Å². The van der Waals surface area contributed by atoms with Gasteiger partial charge in [0.25, 0.3) is 0 Å². The second-order valence-corrected chi connectivity index (χ2v) is 6.86. The minimum atomic E-state index is -0.271. The fraction of sp³-hybridized carbons (Fsp3) is 0.667. The number of hydrogen-bond acceptors (Lipinski definition) is 5. The van der Waals surface area contributed by atoms with Crippen molar-refractivity contribution in [3.63, 3.8) is 0 Å². The van der Waals surface area contributed by atoms with Crippen molar-refractivity contribution in [3.05, 3.63) is 24.1 Å². The number of guanidine groups is 1. The standard InChI is InChI=1S/C18H29FN6O/c1-3-20-18(22-11-15-13-24(2)9-10-26-15)23-14-6-8-25(12-14)17-16(19)5-4-7-21-17/h4-5,7,14-15H,3,6,8-13H2,1-2H3,(H2,20,22,23). The Hall–Kier alpha value is -1.93. The van der Waals surface area contributed by atoms with Gasteiger partial charge >= 0.3 is 0 Å². The topological polar surface area (TPSA) is 65.0 Å². The lowest BCUT2D eigenvalue weighted by Gasteiger charge is -2.29. The number of nitrogens with zero attached hydrogens (tertiary/aromatic N) is 4. The first-order chi connectivity index (χ1) is 12.7. The van der Waals surface area contributed by atoms with Crippen LogP contribution in [0.1, 0.15) is 13.3 Å². The zero-order valence-electron chi connectivity index (χ0n) is 15.6. The van der Waals surface area contributed by atoms with Gasteiger partial charge in [-0.3, -0.25) is 4.99 Å². The molecule has 0 spiro atoms. The molecule has 2 unspecified atom stereocenters.